The fourth-order valence-corrected chi connectivity index (χ4v) is 15.6. The van der Waals surface area contributed by atoms with Crippen molar-refractivity contribution in [2.75, 3.05) is 13.2 Å². The number of rotatable bonds is 39. The van der Waals surface area contributed by atoms with E-state index in [0.717, 1.165) is 55.8 Å². The lowest BCUT2D eigenvalue weighted by Crippen LogP contribution is -2.56. The minimum Gasteiger partial charge on any atom is -0.393 e. The summed E-state index contributed by atoms with van der Waals surface area (Å²) < 4.78 is 34.5. The number of allylic oxidation sites excluding steroid dienone is 1. The Labute approximate surface area is 405 Å². The van der Waals surface area contributed by atoms with Gasteiger partial charge in [-0.25, -0.2) is 4.57 Å². The molecular formula is C59H111O5P. The Morgan fingerprint density at radius 3 is 1.54 bits per heavy atom. The van der Waals surface area contributed by atoms with Crippen LogP contribution in [0.2, 0.25) is 0 Å². The molecule has 9 atom stereocenters. The van der Waals surface area contributed by atoms with E-state index >= 15 is 0 Å². The van der Waals surface area contributed by atoms with Gasteiger partial charge in [0, 0.05) is 11.8 Å². The zero-order chi connectivity index (χ0) is 46.8. The van der Waals surface area contributed by atoms with Gasteiger partial charge in [0.15, 0.2) is 0 Å². The lowest BCUT2D eigenvalue weighted by Gasteiger charge is -2.60. The molecule has 0 aliphatic heterocycles. The molecule has 4 rings (SSSR count). The Morgan fingerprint density at radius 2 is 1.08 bits per heavy atom. The molecule has 0 bridgehead atoms. The molecule has 0 aromatic carbocycles. The minimum absolute atomic E-state index is 0.267. The van der Waals surface area contributed by atoms with Crippen LogP contribution in [-0.2, 0) is 18.1 Å². The van der Waals surface area contributed by atoms with Gasteiger partial charge in [0.2, 0.25) is 0 Å². The summed E-state index contributed by atoms with van der Waals surface area (Å²) in [6.45, 7) is 17.8. The van der Waals surface area contributed by atoms with Crippen LogP contribution in [-0.4, -0.2) is 30.5 Å². The largest absolute Gasteiger partial charge is 0.475 e. The standard InChI is InChI=1S/C59H111O5P/c1-8-10-12-14-16-18-20-22-24-26-28-30-32-34-45-62-65(61,63-46-35-33-31-29-27-25-23-21-19-17-15-13-11-9-2)64-57-48-52(60)47-51-39-40-53-55-42-41-54(50(5)38-36-37-49(3)4)58(55,6)44-43-56(53)59(51,57)7/h39,49-50,52-57,60H,8-38,40-48H2,1-7H3/t50-,52+,53+,54-,55+,56+,57?,58-,59+/m1/s1. The van der Waals surface area contributed by atoms with Gasteiger partial charge in [-0.2, -0.15) is 0 Å². The molecule has 5 nitrogen and oxygen atoms in total. The van der Waals surface area contributed by atoms with Crippen molar-refractivity contribution in [3.05, 3.63) is 11.6 Å². The summed E-state index contributed by atoms with van der Waals surface area (Å²) in [7, 11) is -3.86. The van der Waals surface area contributed by atoms with Crippen molar-refractivity contribution in [2.45, 2.75) is 305 Å². The van der Waals surface area contributed by atoms with Gasteiger partial charge in [-0.1, -0.05) is 246 Å². The lowest BCUT2D eigenvalue weighted by atomic mass is 9.46. The Hall–Kier alpha value is -0.190. The second-order valence-electron chi connectivity index (χ2n) is 23.6. The summed E-state index contributed by atoms with van der Waals surface area (Å²) in [6.07, 6.45) is 49.7. The molecule has 4 aliphatic carbocycles. The van der Waals surface area contributed by atoms with Crippen LogP contribution in [0.1, 0.15) is 292 Å². The van der Waals surface area contributed by atoms with Gasteiger partial charge >= 0.3 is 7.82 Å². The second kappa shape index (κ2) is 31.9. The van der Waals surface area contributed by atoms with Crippen LogP contribution in [0.15, 0.2) is 11.6 Å². The number of fused-ring (bicyclic) bond motifs is 5. The van der Waals surface area contributed by atoms with Crippen LogP contribution < -0.4 is 0 Å². The molecule has 0 spiro atoms. The summed E-state index contributed by atoms with van der Waals surface area (Å²) in [5, 5.41) is 11.4. The summed E-state index contributed by atoms with van der Waals surface area (Å²) in [5.74, 6) is 4.19. The molecule has 0 radical (unpaired) electrons. The lowest BCUT2D eigenvalue weighted by molar-refractivity contribution is -0.107. The molecule has 1 N–H and O–H groups in total. The van der Waals surface area contributed by atoms with Gasteiger partial charge < -0.3 is 5.11 Å². The molecule has 0 saturated heterocycles. The summed E-state index contributed by atoms with van der Waals surface area (Å²) >= 11 is 0. The first kappa shape index (κ1) is 57.4. The van der Waals surface area contributed by atoms with Crippen LogP contribution >= 0.6 is 7.82 Å². The molecule has 0 heterocycles. The van der Waals surface area contributed by atoms with Crippen LogP contribution in [0.25, 0.3) is 0 Å². The summed E-state index contributed by atoms with van der Waals surface area (Å²) in [6, 6.07) is 0. The van der Waals surface area contributed by atoms with E-state index in [1.54, 1.807) is 0 Å². The van der Waals surface area contributed by atoms with Crippen molar-refractivity contribution in [2.24, 2.45) is 46.3 Å². The predicted molar refractivity (Wildman–Crippen MR) is 279 cm³/mol. The minimum atomic E-state index is -3.86. The maximum Gasteiger partial charge on any atom is 0.475 e. The summed E-state index contributed by atoms with van der Waals surface area (Å²) in [4.78, 5) is 0. The van der Waals surface area contributed by atoms with Crippen molar-refractivity contribution in [1.29, 1.82) is 0 Å². The summed E-state index contributed by atoms with van der Waals surface area (Å²) in [5.41, 5.74) is 1.47. The molecular weight excluding hydrogens is 820 g/mol. The zero-order valence-electron chi connectivity index (χ0n) is 44.5. The molecule has 65 heavy (non-hydrogen) atoms. The highest BCUT2D eigenvalue weighted by atomic mass is 31.2. The van der Waals surface area contributed by atoms with Gasteiger partial charge in [0.05, 0.1) is 25.4 Å². The zero-order valence-corrected chi connectivity index (χ0v) is 45.4. The van der Waals surface area contributed by atoms with E-state index in [-0.39, 0.29) is 11.5 Å². The number of hydrogen-bond donors (Lipinski definition) is 1. The van der Waals surface area contributed by atoms with Crippen LogP contribution in [0.4, 0.5) is 0 Å². The topological polar surface area (TPSA) is 65.0 Å². The number of aliphatic hydroxyl groups excluding tert-OH is 1. The molecule has 0 aromatic rings. The van der Waals surface area contributed by atoms with Crippen molar-refractivity contribution in [3.63, 3.8) is 0 Å². The van der Waals surface area contributed by atoms with E-state index in [9.17, 15) is 9.67 Å². The quantitative estimate of drug-likeness (QED) is 0.0378. The number of aliphatic hydroxyl groups is 1. The molecule has 1 unspecified atom stereocenters. The smallest absolute Gasteiger partial charge is 0.393 e. The maximum absolute atomic E-state index is 14.9. The third-order valence-corrected chi connectivity index (χ3v) is 19.6. The second-order valence-corrected chi connectivity index (χ2v) is 25.3. The van der Waals surface area contributed by atoms with Crippen molar-refractivity contribution >= 4 is 7.82 Å². The Kier molecular flexibility index (Phi) is 28.2. The van der Waals surface area contributed by atoms with Crippen LogP contribution in [0.5, 0.6) is 0 Å². The third-order valence-electron chi connectivity index (χ3n) is 18.1. The van der Waals surface area contributed by atoms with E-state index in [4.69, 9.17) is 13.6 Å². The highest BCUT2D eigenvalue weighted by Gasteiger charge is 2.62. The number of unbranched alkanes of at least 4 members (excludes halogenated alkanes) is 26. The molecule has 0 aromatic heterocycles. The Morgan fingerprint density at radius 1 is 0.615 bits per heavy atom. The highest BCUT2D eigenvalue weighted by Crippen LogP contribution is 2.69. The average molecular weight is 932 g/mol. The molecule has 3 fully saturated rings. The third kappa shape index (κ3) is 19.2. The van der Waals surface area contributed by atoms with Gasteiger partial charge in [-0.15, -0.1) is 0 Å². The molecule has 0 amide bonds. The van der Waals surface area contributed by atoms with Crippen molar-refractivity contribution in [3.8, 4) is 0 Å². The molecule has 3 saturated carbocycles. The first-order chi connectivity index (χ1) is 31.5. The SMILES string of the molecule is CCCCCCCCCCCCCCCCOP(=O)(OCCCCCCCCCCCCCCCC)OC1C[C@@H](O)CC2=CC[C@H]3[C@@H]4CC[C@H]([C@H](C)CCCC(C)C)[C@@]4(C)CC[C@@H]3[C@]21C. The highest BCUT2D eigenvalue weighted by molar-refractivity contribution is 7.48. The van der Waals surface area contributed by atoms with E-state index in [0.29, 0.717) is 43.3 Å². The van der Waals surface area contributed by atoms with Crippen molar-refractivity contribution < 1.29 is 23.2 Å². The monoisotopic (exact) mass is 931 g/mol. The van der Waals surface area contributed by atoms with Crippen LogP contribution in [0.3, 0.4) is 0 Å². The van der Waals surface area contributed by atoms with Gasteiger partial charge in [0.1, 0.15) is 0 Å². The Bertz CT molecular complexity index is 1260. The van der Waals surface area contributed by atoms with E-state index in [1.807, 2.05) is 0 Å². The normalized spacial score (nSPS) is 28.3. The number of hydrogen-bond acceptors (Lipinski definition) is 5. The van der Waals surface area contributed by atoms with Gasteiger partial charge in [0.25, 0.3) is 0 Å². The fourth-order valence-electron chi connectivity index (χ4n) is 14.1. The first-order valence-corrected chi connectivity index (χ1v) is 30.9. The molecule has 4 aliphatic rings. The van der Waals surface area contributed by atoms with Gasteiger partial charge in [-0.05, 0) is 92.3 Å². The van der Waals surface area contributed by atoms with Crippen molar-refractivity contribution in [1.82, 2.24) is 0 Å². The predicted octanol–water partition coefficient (Wildman–Crippen LogP) is 19.5. The Balaban J connectivity index is 1.30. The van der Waals surface area contributed by atoms with Gasteiger partial charge in [-0.3, -0.25) is 13.6 Å². The first-order valence-electron chi connectivity index (χ1n) is 29.4. The number of phosphoric acid groups is 1. The maximum atomic E-state index is 14.9. The number of phosphoric ester groups is 1. The fraction of sp³-hybridized carbons (Fsp3) is 0.966. The van der Waals surface area contributed by atoms with E-state index in [1.165, 1.54) is 205 Å². The average Bonchev–Trinajstić information content (AvgIpc) is 3.64. The molecule has 6 heteroatoms. The van der Waals surface area contributed by atoms with Crippen LogP contribution in [0, 0.1) is 46.3 Å². The van der Waals surface area contributed by atoms with E-state index in [2.05, 4.69) is 54.5 Å². The molecule has 382 valence electrons. The van der Waals surface area contributed by atoms with E-state index < -0.39 is 13.9 Å².